The van der Waals surface area contributed by atoms with Crippen LogP contribution in [0.4, 0.5) is 5.69 Å². The molecule has 0 unspecified atom stereocenters. The van der Waals surface area contributed by atoms with Gasteiger partial charge in [-0.25, -0.2) is 0 Å². The molecule has 1 amide bonds. The van der Waals surface area contributed by atoms with Crippen LogP contribution in [0.25, 0.3) is 0 Å². The van der Waals surface area contributed by atoms with Crippen molar-refractivity contribution in [3.63, 3.8) is 0 Å². The van der Waals surface area contributed by atoms with Gasteiger partial charge in [-0.1, -0.05) is 11.6 Å². The number of thiophene rings is 1. The highest BCUT2D eigenvalue weighted by molar-refractivity contribution is 7.11. The Morgan fingerprint density at radius 1 is 1.32 bits per heavy atom. The fraction of sp³-hybridized carbons (Fsp3) is 0.421. The number of anilines is 1. The summed E-state index contributed by atoms with van der Waals surface area (Å²) in [5.41, 5.74) is 1.54. The molecule has 1 aromatic carbocycles. The quantitative estimate of drug-likeness (QED) is 0.744. The van der Waals surface area contributed by atoms with Crippen LogP contribution in [-0.4, -0.2) is 30.5 Å². The number of rotatable bonds is 7. The number of benzene rings is 1. The minimum absolute atomic E-state index is 0.0676. The second-order valence-corrected chi connectivity index (χ2v) is 8.14. The van der Waals surface area contributed by atoms with Gasteiger partial charge in [0.05, 0.1) is 19.3 Å². The average Bonchev–Trinajstić information content (AvgIpc) is 2.95. The van der Waals surface area contributed by atoms with Crippen LogP contribution in [0.5, 0.6) is 5.75 Å². The van der Waals surface area contributed by atoms with E-state index in [1.165, 1.54) is 9.75 Å². The van der Waals surface area contributed by atoms with Crippen molar-refractivity contribution >= 4 is 34.5 Å². The van der Waals surface area contributed by atoms with Crippen LogP contribution in [-0.2, 0) is 11.3 Å². The summed E-state index contributed by atoms with van der Waals surface area (Å²) >= 11 is 7.89. The molecule has 0 radical (unpaired) electrons. The first-order valence-corrected chi connectivity index (χ1v) is 9.43. The van der Waals surface area contributed by atoms with E-state index < -0.39 is 0 Å². The SMILES string of the molecule is COc1cc(Cl)c(C)cc1NC(=O)CN(Cc1ccc(C)s1)C(C)C. The lowest BCUT2D eigenvalue weighted by molar-refractivity contribution is -0.117. The first kappa shape index (κ1) is 19.8. The van der Waals surface area contributed by atoms with E-state index in [9.17, 15) is 4.79 Å². The predicted molar refractivity (Wildman–Crippen MR) is 106 cm³/mol. The summed E-state index contributed by atoms with van der Waals surface area (Å²) < 4.78 is 5.32. The molecule has 0 aliphatic rings. The minimum atomic E-state index is -0.0676. The maximum absolute atomic E-state index is 12.5. The standard InChI is InChI=1S/C19H25ClN2O2S/c1-12(2)22(10-15-7-6-14(4)25-15)11-19(23)21-17-8-13(3)16(20)9-18(17)24-5/h6-9,12H,10-11H2,1-5H3,(H,21,23). The van der Waals surface area contributed by atoms with Gasteiger partial charge in [0.25, 0.3) is 0 Å². The maximum Gasteiger partial charge on any atom is 0.238 e. The summed E-state index contributed by atoms with van der Waals surface area (Å²) in [6.07, 6.45) is 0. The number of hydrogen-bond donors (Lipinski definition) is 1. The summed E-state index contributed by atoms with van der Waals surface area (Å²) in [7, 11) is 1.57. The zero-order valence-corrected chi connectivity index (χ0v) is 16.9. The Hall–Kier alpha value is -1.56. The Bertz CT molecular complexity index is 743. The largest absolute Gasteiger partial charge is 0.495 e. The summed E-state index contributed by atoms with van der Waals surface area (Å²) in [5.74, 6) is 0.496. The number of hydrogen-bond acceptors (Lipinski definition) is 4. The van der Waals surface area contributed by atoms with Crippen molar-refractivity contribution in [1.82, 2.24) is 4.90 Å². The molecular formula is C19H25ClN2O2S. The molecule has 1 aromatic heterocycles. The number of amides is 1. The maximum atomic E-state index is 12.5. The van der Waals surface area contributed by atoms with E-state index in [0.29, 0.717) is 23.0 Å². The summed E-state index contributed by atoms with van der Waals surface area (Å²) in [6.45, 7) is 9.27. The van der Waals surface area contributed by atoms with E-state index in [4.69, 9.17) is 16.3 Å². The lowest BCUT2D eigenvalue weighted by Crippen LogP contribution is -2.37. The van der Waals surface area contributed by atoms with Gasteiger partial charge in [-0.15, -0.1) is 11.3 Å². The lowest BCUT2D eigenvalue weighted by atomic mass is 10.2. The third kappa shape index (κ3) is 5.46. The van der Waals surface area contributed by atoms with Gasteiger partial charge >= 0.3 is 0 Å². The molecule has 2 rings (SSSR count). The fourth-order valence-electron chi connectivity index (χ4n) is 2.50. The smallest absolute Gasteiger partial charge is 0.238 e. The number of nitrogens with zero attached hydrogens (tertiary/aromatic N) is 1. The third-order valence-corrected chi connectivity index (χ3v) is 5.38. The number of aryl methyl sites for hydroxylation is 2. The fourth-order valence-corrected chi connectivity index (χ4v) is 3.57. The summed E-state index contributed by atoms with van der Waals surface area (Å²) in [4.78, 5) is 17.2. The van der Waals surface area contributed by atoms with Gasteiger partial charge in [0.2, 0.25) is 5.91 Å². The summed E-state index contributed by atoms with van der Waals surface area (Å²) in [5, 5.41) is 3.56. The van der Waals surface area contributed by atoms with Crippen molar-refractivity contribution in [3.8, 4) is 5.75 Å². The number of carbonyl (C=O) groups is 1. The molecular weight excluding hydrogens is 356 g/mol. The highest BCUT2D eigenvalue weighted by atomic mass is 35.5. The van der Waals surface area contributed by atoms with Gasteiger partial charge < -0.3 is 10.1 Å². The van der Waals surface area contributed by atoms with Crippen molar-refractivity contribution in [3.05, 3.63) is 44.6 Å². The highest BCUT2D eigenvalue weighted by Gasteiger charge is 2.17. The van der Waals surface area contributed by atoms with Crippen molar-refractivity contribution < 1.29 is 9.53 Å². The molecule has 0 spiro atoms. The van der Waals surface area contributed by atoms with Gasteiger partial charge in [-0.05, 0) is 51.5 Å². The Morgan fingerprint density at radius 2 is 2.04 bits per heavy atom. The molecule has 0 atom stereocenters. The molecule has 0 aliphatic carbocycles. The van der Waals surface area contributed by atoms with Crippen molar-refractivity contribution in [2.75, 3.05) is 19.0 Å². The summed E-state index contributed by atoms with van der Waals surface area (Å²) in [6, 6.07) is 8.06. The molecule has 0 saturated heterocycles. The van der Waals surface area contributed by atoms with Crippen LogP contribution in [0.2, 0.25) is 5.02 Å². The van der Waals surface area contributed by atoms with E-state index in [1.807, 2.05) is 13.0 Å². The monoisotopic (exact) mass is 380 g/mol. The van der Waals surface area contributed by atoms with Crippen molar-refractivity contribution in [1.29, 1.82) is 0 Å². The normalized spacial score (nSPS) is 11.2. The highest BCUT2D eigenvalue weighted by Crippen LogP contribution is 2.31. The molecule has 0 fully saturated rings. The second kappa shape index (κ2) is 8.70. The van der Waals surface area contributed by atoms with E-state index in [2.05, 4.69) is 43.1 Å². The van der Waals surface area contributed by atoms with Gasteiger partial charge in [0, 0.05) is 33.4 Å². The average molecular weight is 381 g/mol. The van der Waals surface area contributed by atoms with E-state index in [0.717, 1.165) is 12.1 Å². The molecule has 2 aromatic rings. The van der Waals surface area contributed by atoms with Crippen molar-refractivity contribution in [2.24, 2.45) is 0 Å². The Labute approximate surface area is 158 Å². The van der Waals surface area contributed by atoms with E-state index in [1.54, 1.807) is 24.5 Å². The topological polar surface area (TPSA) is 41.6 Å². The minimum Gasteiger partial charge on any atom is -0.495 e. The molecule has 1 heterocycles. The Morgan fingerprint density at radius 3 is 2.60 bits per heavy atom. The van der Waals surface area contributed by atoms with E-state index in [-0.39, 0.29) is 11.9 Å². The van der Waals surface area contributed by atoms with Crippen LogP contribution in [0.15, 0.2) is 24.3 Å². The molecule has 136 valence electrons. The predicted octanol–water partition coefficient (Wildman–Crippen LogP) is 4.88. The van der Waals surface area contributed by atoms with Gasteiger partial charge in [0.1, 0.15) is 5.75 Å². The molecule has 0 bridgehead atoms. The molecule has 0 saturated carbocycles. The van der Waals surface area contributed by atoms with E-state index >= 15 is 0 Å². The Balaban J connectivity index is 2.07. The van der Waals surface area contributed by atoms with Crippen LogP contribution >= 0.6 is 22.9 Å². The van der Waals surface area contributed by atoms with Crippen LogP contribution in [0, 0.1) is 13.8 Å². The van der Waals surface area contributed by atoms with Gasteiger partial charge in [0.15, 0.2) is 0 Å². The van der Waals surface area contributed by atoms with Crippen LogP contribution in [0.1, 0.15) is 29.2 Å². The molecule has 6 heteroatoms. The first-order valence-electron chi connectivity index (χ1n) is 8.23. The van der Waals surface area contributed by atoms with Crippen LogP contribution in [0.3, 0.4) is 0 Å². The number of methoxy groups -OCH3 is 1. The van der Waals surface area contributed by atoms with Gasteiger partial charge in [-0.2, -0.15) is 0 Å². The van der Waals surface area contributed by atoms with Crippen molar-refractivity contribution in [2.45, 2.75) is 40.3 Å². The second-order valence-electron chi connectivity index (χ2n) is 6.36. The lowest BCUT2D eigenvalue weighted by Gasteiger charge is -2.25. The zero-order chi connectivity index (χ0) is 18.6. The molecule has 4 nitrogen and oxygen atoms in total. The molecule has 1 N–H and O–H groups in total. The number of ether oxygens (including phenoxy) is 1. The number of halogens is 1. The number of carbonyl (C=O) groups excluding carboxylic acids is 1. The van der Waals surface area contributed by atoms with Gasteiger partial charge in [-0.3, -0.25) is 9.69 Å². The van der Waals surface area contributed by atoms with Crippen LogP contribution < -0.4 is 10.1 Å². The molecule has 0 aliphatic heterocycles. The molecule has 25 heavy (non-hydrogen) atoms. The number of nitrogens with one attached hydrogen (secondary N) is 1. The Kier molecular flexibility index (Phi) is 6.87. The first-order chi connectivity index (χ1) is 11.8. The third-order valence-electron chi connectivity index (χ3n) is 3.99. The zero-order valence-electron chi connectivity index (χ0n) is 15.4.